The van der Waals surface area contributed by atoms with Crippen molar-refractivity contribution in [1.82, 2.24) is 0 Å². The Hall–Kier alpha value is -0.960. The highest BCUT2D eigenvalue weighted by Crippen LogP contribution is 2.75. The molecule has 8 unspecified atom stereocenters. The highest BCUT2D eigenvalue weighted by molar-refractivity contribution is 5.87. The normalized spacial score (nSPS) is 47.4. The third-order valence-corrected chi connectivity index (χ3v) is 11.8. The van der Waals surface area contributed by atoms with Crippen LogP contribution >= 0.6 is 0 Å². The van der Waals surface area contributed by atoms with Crippen LogP contribution in [0.2, 0.25) is 0 Å². The molecule has 1 N–H and O–H groups in total. The largest absolute Gasteiger partial charge is 0.390 e. The van der Waals surface area contributed by atoms with Crippen LogP contribution in [0.25, 0.3) is 0 Å². The van der Waals surface area contributed by atoms with Gasteiger partial charge in [-0.15, -0.1) is 0 Å². The molecule has 4 aliphatic carbocycles. The summed E-state index contributed by atoms with van der Waals surface area (Å²) >= 11 is 0. The van der Waals surface area contributed by atoms with Crippen LogP contribution in [0.4, 0.5) is 0 Å². The Balaban J connectivity index is 1.63. The molecule has 3 heteroatoms. The maximum Gasteiger partial charge on any atom is 0.152 e. The van der Waals surface area contributed by atoms with Crippen LogP contribution in [0.5, 0.6) is 0 Å². The van der Waals surface area contributed by atoms with Crippen molar-refractivity contribution in [2.24, 2.45) is 45.3 Å². The number of carbonyl (C=O) groups is 2. The molecule has 0 heterocycles. The lowest BCUT2D eigenvalue weighted by Crippen LogP contribution is -2.63. The molecule has 0 amide bonds. The zero-order chi connectivity index (χ0) is 23.7. The molecule has 0 aromatic carbocycles. The molecule has 0 radical (unpaired) electrons. The molecular weight excluding hydrogens is 396 g/mol. The van der Waals surface area contributed by atoms with E-state index in [-0.39, 0.29) is 33.4 Å². The second-order valence-corrected chi connectivity index (χ2v) is 13.5. The van der Waals surface area contributed by atoms with Crippen molar-refractivity contribution in [1.29, 1.82) is 0 Å². The number of carbonyl (C=O) groups excluding carboxylic acids is 2. The van der Waals surface area contributed by atoms with Gasteiger partial charge in [0, 0.05) is 11.8 Å². The number of allylic oxidation sites excluding steroid dienone is 1. The second-order valence-electron chi connectivity index (χ2n) is 13.5. The van der Waals surface area contributed by atoms with Crippen LogP contribution in [0.1, 0.15) is 106 Å². The fourth-order valence-corrected chi connectivity index (χ4v) is 9.90. The average molecular weight is 443 g/mol. The third kappa shape index (κ3) is 3.23. The quantitative estimate of drug-likeness (QED) is 0.504. The van der Waals surface area contributed by atoms with Gasteiger partial charge in [-0.2, -0.15) is 0 Å². The summed E-state index contributed by atoms with van der Waals surface area (Å²) in [6, 6.07) is 0. The Morgan fingerprint density at radius 1 is 1.00 bits per heavy atom. The van der Waals surface area contributed by atoms with Crippen molar-refractivity contribution in [2.75, 3.05) is 0 Å². The summed E-state index contributed by atoms with van der Waals surface area (Å²) in [6.07, 6.45) is 12.9. The van der Waals surface area contributed by atoms with E-state index >= 15 is 0 Å². The predicted octanol–water partition coefficient (Wildman–Crippen LogP) is 6.53. The Bertz CT molecular complexity index is 822. The highest BCUT2D eigenvalue weighted by atomic mass is 16.3. The van der Waals surface area contributed by atoms with Gasteiger partial charge in [-0.1, -0.05) is 40.7 Å². The molecule has 8 atom stereocenters. The van der Waals surface area contributed by atoms with Gasteiger partial charge in [0.05, 0.1) is 5.60 Å². The number of fused-ring (bicyclic) bond motifs is 5. The molecule has 0 saturated heterocycles. The Morgan fingerprint density at radius 2 is 1.66 bits per heavy atom. The summed E-state index contributed by atoms with van der Waals surface area (Å²) in [5.74, 6) is 2.48. The second kappa shape index (κ2) is 7.52. The first-order chi connectivity index (χ1) is 14.7. The van der Waals surface area contributed by atoms with Crippen molar-refractivity contribution in [3.05, 3.63) is 12.2 Å². The van der Waals surface area contributed by atoms with E-state index in [1.807, 2.05) is 13.0 Å². The van der Waals surface area contributed by atoms with Crippen molar-refractivity contribution < 1.29 is 14.7 Å². The fraction of sp³-hybridized carbons (Fsp3) is 0.862. The number of hydrogen-bond donors (Lipinski definition) is 1. The Morgan fingerprint density at radius 3 is 2.31 bits per heavy atom. The van der Waals surface area contributed by atoms with E-state index in [4.69, 9.17) is 0 Å². The molecule has 0 aromatic heterocycles. The van der Waals surface area contributed by atoms with Crippen molar-refractivity contribution in [2.45, 2.75) is 112 Å². The van der Waals surface area contributed by atoms with Gasteiger partial charge in [0.15, 0.2) is 5.78 Å². The first kappa shape index (κ1) is 24.2. The number of ketones is 2. The zero-order valence-corrected chi connectivity index (χ0v) is 21.6. The standard InChI is InChI=1S/C29H46O3/c1-19(30)9-8-15-29(7,32)21-12-17-27(5)20(21)10-11-23-26(4)16-14-24(31)25(2,3)22(26)13-18-28(23,27)6/h8-9,20-23,32H,10-18H2,1-7H3. The van der Waals surface area contributed by atoms with E-state index in [1.54, 1.807) is 13.0 Å². The SMILES string of the molecule is CC(=O)C=CCC(C)(O)C1CCC2(C)C1CCC1C3(C)CCC(=O)C(C)(C)C3CCC12C. The van der Waals surface area contributed by atoms with E-state index in [2.05, 4.69) is 34.6 Å². The molecule has 3 nitrogen and oxygen atoms in total. The molecule has 4 fully saturated rings. The van der Waals surface area contributed by atoms with E-state index in [0.717, 1.165) is 25.7 Å². The van der Waals surface area contributed by atoms with E-state index < -0.39 is 5.60 Å². The monoisotopic (exact) mass is 442 g/mol. The van der Waals surface area contributed by atoms with Gasteiger partial charge < -0.3 is 5.11 Å². The van der Waals surface area contributed by atoms with Crippen LogP contribution in [0, 0.1) is 45.3 Å². The minimum Gasteiger partial charge on any atom is -0.390 e. The number of aliphatic hydroxyl groups is 1. The van der Waals surface area contributed by atoms with E-state index in [9.17, 15) is 14.7 Å². The van der Waals surface area contributed by atoms with Gasteiger partial charge in [0.25, 0.3) is 0 Å². The summed E-state index contributed by atoms with van der Waals surface area (Å²) in [4.78, 5) is 24.2. The van der Waals surface area contributed by atoms with Crippen LogP contribution in [0.3, 0.4) is 0 Å². The summed E-state index contributed by atoms with van der Waals surface area (Å²) in [5.41, 5.74) is -0.232. The van der Waals surface area contributed by atoms with Crippen molar-refractivity contribution >= 4 is 11.6 Å². The van der Waals surface area contributed by atoms with Gasteiger partial charge in [-0.25, -0.2) is 0 Å². The fourth-order valence-electron chi connectivity index (χ4n) is 9.90. The molecule has 4 aliphatic rings. The molecule has 0 spiro atoms. The average Bonchev–Trinajstić information content (AvgIpc) is 3.04. The third-order valence-electron chi connectivity index (χ3n) is 11.8. The smallest absolute Gasteiger partial charge is 0.152 e. The lowest BCUT2D eigenvalue weighted by atomic mass is 9.35. The highest BCUT2D eigenvalue weighted by Gasteiger charge is 2.69. The maximum absolute atomic E-state index is 12.8. The van der Waals surface area contributed by atoms with E-state index in [0.29, 0.717) is 30.0 Å². The summed E-state index contributed by atoms with van der Waals surface area (Å²) in [5, 5.41) is 11.5. The van der Waals surface area contributed by atoms with Crippen LogP contribution < -0.4 is 0 Å². The van der Waals surface area contributed by atoms with Gasteiger partial charge in [-0.05, 0) is 111 Å². The van der Waals surface area contributed by atoms with Gasteiger partial charge in [-0.3, -0.25) is 9.59 Å². The van der Waals surface area contributed by atoms with E-state index in [1.165, 1.54) is 25.7 Å². The molecule has 0 bridgehead atoms. The van der Waals surface area contributed by atoms with Crippen molar-refractivity contribution in [3.63, 3.8) is 0 Å². The summed E-state index contributed by atoms with van der Waals surface area (Å²) in [7, 11) is 0. The lowest BCUT2D eigenvalue weighted by molar-refractivity contribution is -0.206. The summed E-state index contributed by atoms with van der Waals surface area (Å²) < 4.78 is 0. The van der Waals surface area contributed by atoms with Crippen molar-refractivity contribution in [3.8, 4) is 0 Å². The van der Waals surface area contributed by atoms with Crippen LogP contribution in [-0.2, 0) is 9.59 Å². The molecule has 4 rings (SSSR count). The molecule has 0 aliphatic heterocycles. The minimum atomic E-state index is -0.766. The molecule has 0 aromatic rings. The van der Waals surface area contributed by atoms with Crippen LogP contribution in [-0.4, -0.2) is 22.3 Å². The zero-order valence-electron chi connectivity index (χ0n) is 21.6. The summed E-state index contributed by atoms with van der Waals surface area (Å²) in [6.45, 7) is 15.6. The molecular formula is C29H46O3. The lowest BCUT2D eigenvalue weighted by Gasteiger charge is -2.69. The number of rotatable bonds is 4. The van der Waals surface area contributed by atoms with Crippen LogP contribution in [0.15, 0.2) is 12.2 Å². The minimum absolute atomic E-state index is 0.0453. The molecule has 180 valence electrons. The first-order valence-corrected chi connectivity index (χ1v) is 13.1. The van der Waals surface area contributed by atoms with Gasteiger partial charge in [0.2, 0.25) is 0 Å². The number of hydrogen-bond acceptors (Lipinski definition) is 3. The number of Topliss-reactive ketones (excluding diaryl/α,β-unsaturated/α-hetero) is 1. The predicted molar refractivity (Wildman–Crippen MR) is 129 cm³/mol. The van der Waals surface area contributed by atoms with Gasteiger partial charge in [0.1, 0.15) is 5.78 Å². The Kier molecular flexibility index (Phi) is 5.68. The topological polar surface area (TPSA) is 54.4 Å². The maximum atomic E-state index is 12.8. The first-order valence-electron chi connectivity index (χ1n) is 13.1. The molecule has 32 heavy (non-hydrogen) atoms. The van der Waals surface area contributed by atoms with Gasteiger partial charge >= 0.3 is 0 Å². The molecule has 4 saturated carbocycles. The Labute approximate surface area is 195 Å².